The maximum absolute atomic E-state index is 12.4. The van der Waals surface area contributed by atoms with Crippen LogP contribution in [-0.4, -0.2) is 54.2 Å². The zero-order chi connectivity index (χ0) is 14.6. The number of hydrogen-bond donors (Lipinski definition) is 2. The maximum Gasteiger partial charge on any atom is 0.328 e. The molecule has 1 aliphatic rings. The van der Waals surface area contributed by atoms with Crippen LogP contribution in [0.4, 0.5) is 0 Å². The van der Waals surface area contributed by atoms with Gasteiger partial charge in [0.25, 0.3) is 0 Å². The summed E-state index contributed by atoms with van der Waals surface area (Å²) in [6, 6.07) is -0.893. The molecule has 0 aromatic heterocycles. The van der Waals surface area contributed by atoms with Crippen LogP contribution in [0.15, 0.2) is 0 Å². The third-order valence-electron chi connectivity index (χ3n) is 3.19. The minimum absolute atomic E-state index is 0.0231. The highest BCUT2D eigenvalue weighted by atomic mass is 16.5. The van der Waals surface area contributed by atoms with E-state index in [0.717, 1.165) is 0 Å². The number of amides is 1. The molecule has 1 fully saturated rings. The zero-order valence-electron chi connectivity index (χ0n) is 11.9. The van der Waals surface area contributed by atoms with Crippen LogP contribution in [0.2, 0.25) is 0 Å². The molecule has 1 rings (SSSR count). The van der Waals surface area contributed by atoms with Crippen molar-refractivity contribution in [1.29, 1.82) is 0 Å². The van der Waals surface area contributed by atoms with E-state index in [0.29, 0.717) is 19.6 Å². The number of morpholine rings is 1. The summed E-state index contributed by atoms with van der Waals surface area (Å²) in [6.45, 7) is 7.09. The van der Waals surface area contributed by atoms with E-state index >= 15 is 0 Å². The van der Waals surface area contributed by atoms with Crippen LogP contribution >= 0.6 is 0 Å². The summed E-state index contributed by atoms with van der Waals surface area (Å²) < 4.78 is 5.13. The van der Waals surface area contributed by atoms with Crippen molar-refractivity contribution in [3.63, 3.8) is 0 Å². The number of carboxylic acid groups (broad SMARTS) is 1. The fourth-order valence-electron chi connectivity index (χ4n) is 2.32. The molecule has 1 amide bonds. The molecule has 0 bridgehead atoms. The van der Waals surface area contributed by atoms with Gasteiger partial charge in [0.1, 0.15) is 0 Å². The summed E-state index contributed by atoms with van der Waals surface area (Å²) in [4.78, 5) is 25.0. The van der Waals surface area contributed by atoms with Crippen molar-refractivity contribution in [3.05, 3.63) is 0 Å². The molecule has 0 spiro atoms. The summed E-state index contributed by atoms with van der Waals surface area (Å²) in [7, 11) is 0. The van der Waals surface area contributed by atoms with Gasteiger partial charge in [0, 0.05) is 13.1 Å². The first-order chi connectivity index (χ1) is 8.76. The lowest BCUT2D eigenvalue weighted by molar-refractivity contribution is -0.160. The summed E-state index contributed by atoms with van der Waals surface area (Å²) in [5.74, 6) is -1.53. The molecule has 0 radical (unpaired) electrons. The largest absolute Gasteiger partial charge is 0.480 e. The van der Waals surface area contributed by atoms with E-state index in [1.807, 2.05) is 20.8 Å². The highest BCUT2D eigenvalue weighted by Gasteiger charge is 2.36. The molecule has 1 heterocycles. The maximum atomic E-state index is 12.4. The van der Waals surface area contributed by atoms with Gasteiger partial charge in [-0.3, -0.25) is 4.79 Å². The number of nitrogens with zero attached hydrogens (tertiary/aromatic N) is 1. The number of carbonyl (C=O) groups excluding carboxylic acids is 1. The highest BCUT2D eigenvalue weighted by molar-refractivity contribution is 5.85. The fraction of sp³-hybridized carbons (Fsp3) is 0.846. The molecular formula is C13H24N2O4. The van der Waals surface area contributed by atoms with Crippen molar-refractivity contribution in [2.24, 2.45) is 17.1 Å². The number of nitrogens with two attached hydrogens (primary N) is 1. The van der Waals surface area contributed by atoms with Crippen molar-refractivity contribution >= 4 is 11.9 Å². The monoisotopic (exact) mass is 272 g/mol. The van der Waals surface area contributed by atoms with Gasteiger partial charge in [-0.25, -0.2) is 4.79 Å². The Morgan fingerprint density at radius 1 is 1.47 bits per heavy atom. The average molecular weight is 272 g/mol. The minimum Gasteiger partial charge on any atom is -0.480 e. The van der Waals surface area contributed by atoms with Gasteiger partial charge in [0.15, 0.2) is 6.04 Å². The molecule has 110 valence electrons. The van der Waals surface area contributed by atoms with Gasteiger partial charge < -0.3 is 20.5 Å². The SMILES string of the molecule is CC(C)(C)CC(CN)C(=O)N1CCOCC1C(=O)O. The second kappa shape index (κ2) is 6.34. The molecule has 6 nitrogen and oxygen atoms in total. The Bertz CT molecular complexity index is 338. The second-order valence-corrected chi connectivity index (χ2v) is 6.16. The minimum atomic E-state index is -1.03. The molecule has 0 aromatic carbocycles. The second-order valence-electron chi connectivity index (χ2n) is 6.16. The molecule has 19 heavy (non-hydrogen) atoms. The molecule has 0 saturated carbocycles. The van der Waals surface area contributed by atoms with Crippen LogP contribution in [0, 0.1) is 11.3 Å². The van der Waals surface area contributed by atoms with E-state index in [-0.39, 0.29) is 30.4 Å². The van der Waals surface area contributed by atoms with E-state index in [1.54, 1.807) is 0 Å². The van der Waals surface area contributed by atoms with Crippen LogP contribution in [0.25, 0.3) is 0 Å². The number of carbonyl (C=O) groups is 2. The Morgan fingerprint density at radius 3 is 2.58 bits per heavy atom. The van der Waals surface area contributed by atoms with Crippen LogP contribution in [-0.2, 0) is 14.3 Å². The smallest absolute Gasteiger partial charge is 0.328 e. The summed E-state index contributed by atoms with van der Waals surface area (Å²) in [6.07, 6.45) is 0.645. The molecular weight excluding hydrogens is 248 g/mol. The van der Waals surface area contributed by atoms with E-state index in [9.17, 15) is 9.59 Å². The third-order valence-corrected chi connectivity index (χ3v) is 3.19. The number of aliphatic carboxylic acids is 1. The highest BCUT2D eigenvalue weighted by Crippen LogP contribution is 2.26. The lowest BCUT2D eigenvalue weighted by Gasteiger charge is -2.36. The van der Waals surface area contributed by atoms with E-state index in [2.05, 4.69) is 0 Å². The van der Waals surface area contributed by atoms with Gasteiger partial charge in [-0.1, -0.05) is 20.8 Å². The molecule has 6 heteroatoms. The van der Waals surface area contributed by atoms with E-state index < -0.39 is 12.0 Å². The lowest BCUT2D eigenvalue weighted by atomic mass is 9.84. The standard InChI is InChI=1S/C13H24N2O4/c1-13(2,3)6-9(7-14)11(16)15-4-5-19-8-10(15)12(17)18/h9-10H,4-8,14H2,1-3H3,(H,17,18). The predicted molar refractivity (Wildman–Crippen MR) is 70.6 cm³/mol. The Hall–Kier alpha value is -1.14. The molecule has 1 saturated heterocycles. The Kier molecular flexibility index (Phi) is 5.31. The van der Waals surface area contributed by atoms with Crippen molar-refractivity contribution in [1.82, 2.24) is 4.90 Å². The fourth-order valence-corrected chi connectivity index (χ4v) is 2.32. The number of ether oxygens (including phenoxy) is 1. The van der Waals surface area contributed by atoms with Gasteiger partial charge in [-0.2, -0.15) is 0 Å². The van der Waals surface area contributed by atoms with Crippen molar-refractivity contribution in [3.8, 4) is 0 Å². The van der Waals surface area contributed by atoms with Crippen LogP contribution in [0.3, 0.4) is 0 Å². The summed E-state index contributed by atoms with van der Waals surface area (Å²) >= 11 is 0. The average Bonchev–Trinajstić information content (AvgIpc) is 2.34. The number of hydrogen-bond acceptors (Lipinski definition) is 4. The normalized spacial score (nSPS) is 22.1. The quantitative estimate of drug-likeness (QED) is 0.768. The summed E-state index contributed by atoms with van der Waals surface area (Å²) in [5.41, 5.74) is 5.66. The number of carboxylic acids is 1. The predicted octanol–water partition coefficient (Wildman–Crippen LogP) is 0.310. The van der Waals surface area contributed by atoms with Gasteiger partial charge >= 0.3 is 5.97 Å². The van der Waals surface area contributed by atoms with Crippen molar-refractivity contribution in [2.45, 2.75) is 33.2 Å². The lowest BCUT2D eigenvalue weighted by Crippen LogP contribution is -2.55. The van der Waals surface area contributed by atoms with Gasteiger partial charge in [-0.15, -0.1) is 0 Å². The Morgan fingerprint density at radius 2 is 2.11 bits per heavy atom. The molecule has 2 unspecified atom stereocenters. The molecule has 0 aliphatic carbocycles. The van der Waals surface area contributed by atoms with Crippen LogP contribution in [0.5, 0.6) is 0 Å². The van der Waals surface area contributed by atoms with Crippen molar-refractivity contribution in [2.75, 3.05) is 26.3 Å². The van der Waals surface area contributed by atoms with Crippen LogP contribution in [0.1, 0.15) is 27.2 Å². The molecule has 0 aromatic rings. The molecule has 2 atom stereocenters. The Labute approximate surface area is 113 Å². The van der Waals surface area contributed by atoms with Gasteiger partial charge in [0.2, 0.25) is 5.91 Å². The third kappa shape index (κ3) is 4.47. The van der Waals surface area contributed by atoms with E-state index in [1.165, 1.54) is 4.90 Å². The first-order valence-corrected chi connectivity index (χ1v) is 6.57. The van der Waals surface area contributed by atoms with Gasteiger partial charge in [-0.05, 0) is 11.8 Å². The topological polar surface area (TPSA) is 92.9 Å². The summed E-state index contributed by atoms with van der Waals surface area (Å²) in [5, 5.41) is 9.14. The van der Waals surface area contributed by atoms with Crippen molar-refractivity contribution < 1.29 is 19.4 Å². The van der Waals surface area contributed by atoms with Gasteiger partial charge in [0.05, 0.1) is 19.1 Å². The van der Waals surface area contributed by atoms with E-state index in [4.69, 9.17) is 15.6 Å². The Balaban J connectivity index is 2.79. The number of rotatable bonds is 4. The molecule has 3 N–H and O–H groups in total. The first-order valence-electron chi connectivity index (χ1n) is 6.57. The zero-order valence-corrected chi connectivity index (χ0v) is 11.9. The first kappa shape index (κ1) is 15.9. The molecule has 1 aliphatic heterocycles. The van der Waals surface area contributed by atoms with Crippen LogP contribution < -0.4 is 5.73 Å².